The number of alkyl halides is 3. The van der Waals surface area contributed by atoms with Gasteiger partial charge in [0.2, 0.25) is 5.95 Å². The molecule has 0 saturated carbocycles. The highest BCUT2D eigenvalue weighted by Crippen LogP contribution is 2.42. The minimum absolute atomic E-state index is 0.0608. The van der Waals surface area contributed by atoms with Crippen LogP contribution < -0.4 is 15.3 Å². The van der Waals surface area contributed by atoms with Crippen molar-refractivity contribution in [2.45, 2.75) is 6.18 Å². The number of benzene rings is 3. The summed E-state index contributed by atoms with van der Waals surface area (Å²) in [6.45, 7) is -0.464. The standard InChI is InChI=1S/C28H19ClF3N5O3S/c1-33-27-34-20-13-19(11-12-21(20)37(27)18-5-3-2-4-6-18)35-15-36(40-26(39)28(30,31)32)22-14-23(41-24(22)25(35)38)16-7-9-17(29)10-8-16/h2-14H,15H2,1H3,(H,33,34). The van der Waals surface area contributed by atoms with Crippen LogP contribution in [0.4, 0.5) is 30.5 Å². The molecule has 6 rings (SSSR count). The molecule has 208 valence electrons. The van der Waals surface area contributed by atoms with Crippen LogP contribution in [0.25, 0.3) is 27.2 Å². The molecule has 3 aromatic carbocycles. The molecule has 8 nitrogen and oxygen atoms in total. The summed E-state index contributed by atoms with van der Waals surface area (Å²) in [7, 11) is 1.74. The summed E-state index contributed by atoms with van der Waals surface area (Å²) >= 11 is 7.06. The van der Waals surface area contributed by atoms with Gasteiger partial charge in [0.25, 0.3) is 5.91 Å². The Bertz CT molecular complexity index is 1790. The molecule has 3 heterocycles. The van der Waals surface area contributed by atoms with Crippen LogP contribution in [0.5, 0.6) is 0 Å². The van der Waals surface area contributed by atoms with Gasteiger partial charge in [-0.15, -0.1) is 11.3 Å². The second-order valence-corrected chi connectivity index (χ2v) is 10.5. The lowest BCUT2D eigenvalue weighted by Gasteiger charge is -2.34. The smallest absolute Gasteiger partial charge is 0.358 e. The first-order chi connectivity index (χ1) is 19.6. The fraction of sp³-hybridized carbons (Fsp3) is 0.107. The van der Waals surface area contributed by atoms with Crippen molar-refractivity contribution >= 4 is 63.2 Å². The SMILES string of the molecule is CNc1nc2cc(N3CN(OC(=O)C(F)(F)F)c4cc(-c5ccc(Cl)cc5)sc4C3=O)ccc2n1-c1ccccc1. The van der Waals surface area contributed by atoms with Crippen LogP contribution in [0.2, 0.25) is 5.02 Å². The predicted molar refractivity (Wildman–Crippen MR) is 152 cm³/mol. The number of imidazole rings is 1. The molecule has 0 atom stereocenters. The van der Waals surface area contributed by atoms with Crippen LogP contribution in [-0.4, -0.2) is 41.3 Å². The highest BCUT2D eigenvalue weighted by molar-refractivity contribution is 7.18. The topological polar surface area (TPSA) is 79.7 Å². The molecule has 0 spiro atoms. The Balaban J connectivity index is 1.42. The van der Waals surface area contributed by atoms with Gasteiger partial charge in [0, 0.05) is 28.3 Å². The summed E-state index contributed by atoms with van der Waals surface area (Å²) in [4.78, 5) is 36.9. The first-order valence-electron chi connectivity index (χ1n) is 12.2. The van der Waals surface area contributed by atoms with Gasteiger partial charge in [0.05, 0.1) is 11.0 Å². The average molecular weight is 598 g/mol. The molecule has 0 bridgehead atoms. The Labute approximate surface area is 240 Å². The zero-order valence-electron chi connectivity index (χ0n) is 21.1. The number of hydrogen-bond acceptors (Lipinski definition) is 7. The van der Waals surface area contributed by atoms with Crippen molar-refractivity contribution in [3.63, 3.8) is 0 Å². The lowest BCUT2D eigenvalue weighted by molar-refractivity contribution is -0.201. The minimum Gasteiger partial charge on any atom is -0.358 e. The van der Waals surface area contributed by atoms with Crippen LogP contribution in [-0.2, 0) is 9.63 Å². The highest BCUT2D eigenvalue weighted by Gasteiger charge is 2.45. The van der Waals surface area contributed by atoms with E-state index < -0.39 is 24.7 Å². The molecule has 1 aliphatic rings. The molecular formula is C28H19ClF3N5O3S. The second kappa shape index (κ2) is 10.1. The number of nitrogens with one attached hydrogen (secondary N) is 1. The normalized spacial score (nSPS) is 13.4. The fourth-order valence-corrected chi connectivity index (χ4v) is 5.77. The molecule has 1 N–H and O–H groups in total. The maximum atomic E-state index is 13.7. The number of carbonyl (C=O) groups is 2. The van der Waals surface area contributed by atoms with E-state index in [1.54, 1.807) is 49.5 Å². The van der Waals surface area contributed by atoms with E-state index in [-0.39, 0.29) is 10.6 Å². The van der Waals surface area contributed by atoms with Crippen molar-refractivity contribution < 1.29 is 27.6 Å². The maximum absolute atomic E-state index is 13.7. The third kappa shape index (κ3) is 4.85. The van der Waals surface area contributed by atoms with E-state index in [0.29, 0.717) is 32.6 Å². The second-order valence-electron chi connectivity index (χ2n) is 8.99. The molecule has 1 aliphatic heterocycles. The van der Waals surface area contributed by atoms with Crippen LogP contribution >= 0.6 is 22.9 Å². The van der Waals surface area contributed by atoms with Gasteiger partial charge in [-0.3, -0.25) is 14.3 Å². The van der Waals surface area contributed by atoms with E-state index in [0.717, 1.165) is 27.6 Å². The maximum Gasteiger partial charge on any atom is 0.493 e. The van der Waals surface area contributed by atoms with Crippen molar-refractivity contribution in [3.05, 3.63) is 88.8 Å². The summed E-state index contributed by atoms with van der Waals surface area (Å²) in [5.74, 6) is -2.30. The largest absolute Gasteiger partial charge is 0.493 e. The van der Waals surface area contributed by atoms with E-state index in [1.807, 2.05) is 34.9 Å². The lowest BCUT2D eigenvalue weighted by Crippen LogP contribution is -2.48. The summed E-state index contributed by atoms with van der Waals surface area (Å²) in [5.41, 5.74) is 3.28. The Kier molecular flexibility index (Phi) is 6.59. The number of nitrogens with zero attached hydrogens (tertiary/aromatic N) is 4. The predicted octanol–water partition coefficient (Wildman–Crippen LogP) is 6.89. The fourth-order valence-electron chi connectivity index (χ4n) is 4.54. The van der Waals surface area contributed by atoms with Crippen molar-refractivity contribution in [3.8, 4) is 16.1 Å². The number of hydroxylamine groups is 1. The molecule has 41 heavy (non-hydrogen) atoms. The van der Waals surface area contributed by atoms with Gasteiger partial charge < -0.3 is 10.2 Å². The van der Waals surface area contributed by atoms with Crippen molar-refractivity contribution in [1.29, 1.82) is 0 Å². The van der Waals surface area contributed by atoms with Crippen molar-refractivity contribution in [2.24, 2.45) is 0 Å². The van der Waals surface area contributed by atoms with Gasteiger partial charge in [0.15, 0.2) is 0 Å². The summed E-state index contributed by atoms with van der Waals surface area (Å²) in [5, 5.41) is 4.35. The molecule has 13 heteroatoms. The van der Waals surface area contributed by atoms with Gasteiger partial charge >= 0.3 is 12.1 Å². The number of halogens is 4. The number of thiophene rings is 1. The Hall–Kier alpha value is -4.55. The quantitative estimate of drug-likeness (QED) is 0.238. The van der Waals surface area contributed by atoms with Gasteiger partial charge in [-0.1, -0.05) is 41.9 Å². The van der Waals surface area contributed by atoms with Gasteiger partial charge in [-0.25, -0.2) is 9.78 Å². The first kappa shape index (κ1) is 26.7. The number of hydrogen-bond donors (Lipinski definition) is 1. The molecule has 0 unspecified atom stereocenters. The molecule has 0 radical (unpaired) electrons. The number of amides is 1. The zero-order valence-corrected chi connectivity index (χ0v) is 22.7. The molecular weight excluding hydrogens is 579 g/mol. The van der Waals surface area contributed by atoms with E-state index in [2.05, 4.69) is 10.3 Å². The third-order valence-corrected chi connectivity index (χ3v) is 7.84. The third-order valence-electron chi connectivity index (χ3n) is 6.43. The Morgan fingerprint density at radius 2 is 1.76 bits per heavy atom. The van der Waals surface area contributed by atoms with Crippen LogP contribution in [0.3, 0.4) is 0 Å². The Morgan fingerprint density at radius 1 is 1.02 bits per heavy atom. The summed E-state index contributed by atoms with van der Waals surface area (Å²) < 4.78 is 41.4. The average Bonchev–Trinajstić information content (AvgIpc) is 3.57. The lowest BCUT2D eigenvalue weighted by atomic mass is 10.1. The van der Waals surface area contributed by atoms with E-state index in [4.69, 9.17) is 16.4 Å². The molecule has 5 aromatic rings. The molecule has 0 saturated heterocycles. The number of carbonyl (C=O) groups excluding carboxylic acids is 2. The molecule has 2 aromatic heterocycles. The van der Waals surface area contributed by atoms with Crippen LogP contribution in [0.1, 0.15) is 9.67 Å². The van der Waals surface area contributed by atoms with Crippen molar-refractivity contribution in [2.75, 3.05) is 29.0 Å². The molecule has 1 amide bonds. The first-order valence-corrected chi connectivity index (χ1v) is 13.4. The van der Waals surface area contributed by atoms with E-state index in [1.165, 1.54) is 11.0 Å². The van der Waals surface area contributed by atoms with Gasteiger partial charge in [-0.2, -0.15) is 18.2 Å². The van der Waals surface area contributed by atoms with E-state index >= 15 is 0 Å². The van der Waals surface area contributed by atoms with Gasteiger partial charge in [0.1, 0.15) is 17.2 Å². The highest BCUT2D eigenvalue weighted by atomic mass is 35.5. The number of anilines is 3. The monoisotopic (exact) mass is 597 g/mol. The molecule has 0 aliphatic carbocycles. The van der Waals surface area contributed by atoms with Crippen molar-refractivity contribution in [1.82, 2.24) is 9.55 Å². The summed E-state index contributed by atoms with van der Waals surface area (Å²) in [6, 6.07) is 22.9. The van der Waals surface area contributed by atoms with Crippen LogP contribution in [0, 0.1) is 0 Å². The Morgan fingerprint density at radius 3 is 2.44 bits per heavy atom. The number of para-hydroxylation sites is 1. The zero-order chi connectivity index (χ0) is 28.9. The number of rotatable bonds is 5. The minimum atomic E-state index is -5.23. The number of aromatic nitrogens is 2. The molecule has 0 fully saturated rings. The summed E-state index contributed by atoms with van der Waals surface area (Å²) in [6.07, 6.45) is -5.23. The number of fused-ring (bicyclic) bond motifs is 2. The van der Waals surface area contributed by atoms with Gasteiger partial charge in [-0.05, 0) is 54.1 Å². The van der Waals surface area contributed by atoms with E-state index in [9.17, 15) is 22.8 Å². The van der Waals surface area contributed by atoms with Crippen LogP contribution in [0.15, 0.2) is 78.9 Å².